The molecule has 0 saturated heterocycles. The quantitative estimate of drug-likeness (QED) is 0.351. The van der Waals surface area contributed by atoms with Crippen molar-refractivity contribution >= 4 is 29.1 Å². The fourth-order valence-corrected chi connectivity index (χ4v) is 6.41. The van der Waals surface area contributed by atoms with Gasteiger partial charge in [-0.2, -0.15) is 13.2 Å². The number of aliphatic carboxylic acids is 1. The fraction of sp³-hybridized carbons (Fsp3) is 0.360. The van der Waals surface area contributed by atoms with Crippen molar-refractivity contribution in [1.82, 2.24) is 4.98 Å². The standard InChI is InChI=1S/C25H24F3NO2S2/c1-15-13-20(11-7-16(15)8-12-22(30)31)32-14-18-3-2-4-21-23(18)29-24(33-21)17-5-9-19(10-6-17)25(26,27)28/h5-7,9-11,13,18H,2-4,8,12,14H2,1H3,(H,30,31). The Morgan fingerprint density at radius 2 is 1.97 bits per heavy atom. The van der Waals surface area contributed by atoms with Crippen LogP contribution in [0.5, 0.6) is 0 Å². The minimum atomic E-state index is -4.34. The molecule has 0 bridgehead atoms. The molecule has 1 N–H and O–H groups in total. The zero-order valence-corrected chi connectivity index (χ0v) is 19.7. The van der Waals surface area contributed by atoms with Crippen LogP contribution in [0.2, 0.25) is 0 Å². The Morgan fingerprint density at radius 1 is 1.21 bits per heavy atom. The molecule has 0 radical (unpaired) electrons. The summed E-state index contributed by atoms with van der Waals surface area (Å²) in [7, 11) is 0. The summed E-state index contributed by atoms with van der Waals surface area (Å²) in [5.41, 5.74) is 3.32. The topological polar surface area (TPSA) is 50.2 Å². The van der Waals surface area contributed by atoms with Crippen molar-refractivity contribution in [3.63, 3.8) is 0 Å². The number of carboxylic acid groups (broad SMARTS) is 1. The molecule has 1 aliphatic carbocycles. The Balaban J connectivity index is 1.45. The molecule has 1 aliphatic rings. The molecule has 0 spiro atoms. The van der Waals surface area contributed by atoms with Gasteiger partial charge in [0.15, 0.2) is 0 Å². The minimum Gasteiger partial charge on any atom is -0.481 e. The summed E-state index contributed by atoms with van der Waals surface area (Å²) >= 11 is 3.36. The highest BCUT2D eigenvalue weighted by atomic mass is 32.2. The maximum Gasteiger partial charge on any atom is 0.416 e. The van der Waals surface area contributed by atoms with Gasteiger partial charge in [0.25, 0.3) is 0 Å². The van der Waals surface area contributed by atoms with E-state index in [9.17, 15) is 18.0 Å². The van der Waals surface area contributed by atoms with Crippen molar-refractivity contribution in [2.24, 2.45) is 0 Å². The summed E-state index contributed by atoms with van der Waals surface area (Å²) in [6.07, 6.45) is -0.583. The number of hydrogen-bond donors (Lipinski definition) is 1. The van der Waals surface area contributed by atoms with Gasteiger partial charge in [-0.25, -0.2) is 4.98 Å². The molecule has 3 nitrogen and oxygen atoms in total. The highest BCUT2D eigenvalue weighted by Gasteiger charge is 2.30. The number of thioether (sulfide) groups is 1. The first-order valence-corrected chi connectivity index (χ1v) is 12.6. The van der Waals surface area contributed by atoms with E-state index < -0.39 is 17.7 Å². The molecule has 0 aliphatic heterocycles. The van der Waals surface area contributed by atoms with Crippen LogP contribution in [0.1, 0.15) is 52.4 Å². The lowest BCUT2D eigenvalue weighted by molar-refractivity contribution is -0.138. The molecule has 33 heavy (non-hydrogen) atoms. The number of thiazole rings is 1. The molecule has 1 unspecified atom stereocenters. The third kappa shape index (κ3) is 5.79. The van der Waals surface area contributed by atoms with E-state index >= 15 is 0 Å². The van der Waals surface area contributed by atoms with Crippen molar-refractivity contribution in [3.8, 4) is 10.6 Å². The third-order valence-corrected chi connectivity index (χ3v) is 8.24. The monoisotopic (exact) mass is 491 g/mol. The normalized spacial score (nSPS) is 15.9. The van der Waals surface area contributed by atoms with Gasteiger partial charge in [0.05, 0.1) is 11.3 Å². The highest BCUT2D eigenvalue weighted by Crippen LogP contribution is 2.41. The van der Waals surface area contributed by atoms with Crippen LogP contribution in [0.25, 0.3) is 10.6 Å². The van der Waals surface area contributed by atoms with E-state index in [-0.39, 0.29) is 6.42 Å². The number of rotatable bonds is 7. The molecule has 174 valence electrons. The van der Waals surface area contributed by atoms with Crippen molar-refractivity contribution < 1.29 is 23.1 Å². The van der Waals surface area contributed by atoms with Gasteiger partial charge in [-0.05, 0) is 68.0 Å². The Hall–Kier alpha value is -2.32. The second-order valence-corrected chi connectivity index (χ2v) is 10.5. The van der Waals surface area contributed by atoms with Crippen molar-refractivity contribution in [3.05, 3.63) is 69.7 Å². The van der Waals surface area contributed by atoms with Crippen LogP contribution in [0.3, 0.4) is 0 Å². The van der Waals surface area contributed by atoms with E-state index in [1.54, 1.807) is 23.1 Å². The predicted molar refractivity (Wildman–Crippen MR) is 126 cm³/mol. The average molecular weight is 492 g/mol. The van der Waals surface area contributed by atoms with Crippen LogP contribution in [0, 0.1) is 6.92 Å². The van der Waals surface area contributed by atoms with Crippen LogP contribution in [0.4, 0.5) is 13.2 Å². The van der Waals surface area contributed by atoms with Crippen LogP contribution in [-0.2, 0) is 23.8 Å². The lowest BCUT2D eigenvalue weighted by Crippen LogP contribution is -2.10. The SMILES string of the molecule is Cc1cc(SCC2CCCc3sc(-c4ccc(C(F)(F)F)cc4)nc32)ccc1CCC(=O)O. The third-order valence-electron chi connectivity index (χ3n) is 5.90. The van der Waals surface area contributed by atoms with Crippen molar-refractivity contribution in [2.45, 2.75) is 56.0 Å². The van der Waals surface area contributed by atoms with Gasteiger partial charge in [-0.3, -0.25) is 4.79 Å². The molecule has 1 heterocycles. The Labute approximate surface area is 199 Å². The second kappa shape index (κ2) is 9.89. The number of halogens is 3. The van der Waals surface area contributed by atoms with E-state index in [2.05, 4.69) is 6.07 Å². The van der Waals surface area contributed by atoms with Gasteiger partial charge in [0.1, 0.15) is 5.01 Å². The number of nitrogens with zero attached hydrogens (tertiary/aromatic N) is 1. The maximum absolute atomic E-state index is 12.9. The molecule has 1 atom stereocenters. The van der Waals surface area contributed by atoms with Gasteiger partial charge in [0, 0.05) is 33.4 Å². The molecular weight excluding hydrogens is 467 g/mol. The molecule has 4 rings (SSSR count). The molecular formula is C25H24F3NO2S2. The van der Waals surface area contributed by atoms with Gasteiger partial charge in [-0.15, -0.1) is 23.1 Å². The van der Waals surface area contributed by atoms with E-state index in [1.165, 1.54) is 17.0 Å². The smallest absolute Gasteiger partial charge is 0.416 e. The van der Waals surface area contributed by atoms with Crippen LogP contribution in [-0.4, -0.2) is 21.8 Å². The lowest BCUT2D eigenvalue weighted by atomic mass is 9.93. The summed E-state index contributed by atoms with van der Waals surface area (Å²) in [5.74, 6) is 0.405. The summed E-state index contributed by atoms with van der Waals surface area (Å²) in [4.78, 5) is 18.1. The average Bonchev–Trinajstić information content (AvgIpc) is 3.21. The van der Waals surface area contributed by atoms with E-state index in [0.717, 1.165) is 69.4 Å². The fourth-order valence-electron chi connectivity index (χ4n) is 4.07. The van der Waals surface area contributed by atoms with Gasteiger partial charge < -0.3 is 5.11 Å². The van der Waals surface area contributed by atoms with Gasteiger partial charge in [0.2, 0.25) is 0 Å². The van der Waals surface area contributed by atoms with Crippen molar-refractivity contribution in [2.75, 3.05) is 5.75 Å². The molecule has 8 heteroatoms. The molecule has 0 amide bonds. The largest absolute Gasteiger partial charge is 0.481 e. The first-order chi connectivity index (χ1) is 15.7. The lowest BCUT2D eigenvalue weighted by Gasteiger charge is -2.20. The molecule has 0 saturated carbocycles. The molecule has 3 aromatic rings. The second-order valence-electron chi connectivity index (χ2n) is 8.28. The van der Waals surface area contributed by atoms with Gasteiger partial charge >= 0.3 is 12.1 Å². The summed E-state index contributed by atoms with van der Waals surface area (Å²) in [6, 6.07) is 11.4. The maximum atomic E-state index is 12.9. The Kier molecular flexibility index (Phi) is 7.14. The number of alkyl halides is 3. The number of aryl methyl sites for hydroxylation is 3. The first-order valence-electron chi connectivity index (χ1n) is 10.8. The minimum absolute atomic E-state index is 0.128. The van der Waals surface area contributed by atoms with E-state index in [1.807, 2.05) is 19.1 Å². The number of carbonyl (C=O) groups is 1. The highest BCUT2D eigenvalue weighted by molar-refractivity contribution is 7.99. The predicted octanol–water partition coefficient (Wildman–Crippen LogP) is 7.37. The van der Waals surface area contributed by atoms with Crippen molar-refractivity contribution in [1.29, 1.82) is 0 Å². The number of fused-ring (bicyclic) bond motifs is 1. The first kappa shape index (κ1) is 23.8. The Morgan fingerprint density at radius 3 is 2.64 bits per heavy atom. The molecule has 1 aromatic heterocycles. The Bertz CT molecular complexity index is 1140. The number of aromatic nitrogens is 1. The number of benzene rings is 2. The van der Waals surface area contributed by atoms with Crippen LogP contribution >= 0.6 is 23.1 Å². The van der Waals surface area contributed by atoms with Gasteiger partial charge in [-0.1, -0.05) is 18.2 Å². The summed E-state index contributed by atoms with van der Waals surface area (Å²) in [6.45, 7) is 2.01. The van der Waals surface area contributed by atoms with E-state index in [4.69, 9.17) is 10.1 Å². The van der Waals surface area contributed by atoms with Crippen LogP contribution in [0.15, 0.2) is 47.4 Å². The summed E-state index contributed by atoms with van der Waals surface area (Å²) in [5, 5.41) is 9.68. The van der Waals surface area contributed by atoms with Crippen LogP contribution < -0.4 is 0 Å². The number of carboxylic acids is 1. The summed E-state index contributed by atoms with van der Waals surface area (Å²) < 4.78 is 38.6. The molecule has 0 fully saturated rings. The number of hydrogen-bond acceptors (Lipinski definition) is 4. The zero-order valence-electron chi connectivity index (χ0n) is 18.1. The molecule has 2 aromatic carbocycles. The zero-order chi connectivity index (χ0) is 23.6. The van der Waals surface area contributed by atoms with E-state index in [0.29, 0.717) is 12.3 Å².